The lowest BCUT2D eigenvalue weighted by Crippen LogP contribution is -2.55. The molecule has 0 aliphatic heterocycles. The topological polar surface area (TPSA) is 38.7 Å². The monoisotopic (exact) mass is 530 g/mol. The Hall–Kier alpha value is -1.31. The second-order valence-corrected chi connectivity index (χ2v) is 17.4. The highest BCUT2D eigenvalue weighted by Gasteiger charge is 2.71. The summed E-state index contributed by atoms with van der Waals surface area (Å²) >= 11 is -1.39. The van der Waals surface area contributed by atoms with E-state index in [1.54, 1.807) is 0 Å². The molecule has 0 heterocycles. The normalized spacial score (nSPS) is 40.0. The molecule has 0 amide bonds. The van der Waals surface area contributed by atoms with Crippen LogP contribution in [-0.2, 0) is 15.0 Å². The van der Waals surface area contributed by atoms with Crippen LogP contribution in [-0.4, -0.2) is 19.6 Å². The van der Waals surface area contributed by atoms with Crippen molar-refractivity contribution in [3.8, 4) is 11.5 Å². The Bertz CT molecular complexity index is 1240. The Balaban J connectivity index is 1.50. The molecule has 0 spiro atoms. The van der Waals surface area contributed by atoms with Gasteiger partial charge in [0.2, 0.25) is 0 Å². The summed E-state index contributed by atoms with van der Waals surface area (Å²) in [6.45, 7) is 14.2. The van der Waals surface area contributed by atoms with Gasteiger partial charge in [-0.1, -0.05) is 89.5 Å². The van der Waals surface area contributed by atoms with E-state index in [0.717, 1.165) is 29.9 Å². The van der Waals surface area contributed by atoms with Gasteiger partial charge in [-0.25, -0.2) is 0 Å². The van der Waals surface area contributed by atoms with Gasteiger partial charge in [0.05, 0.1) is 5.60 Å². The molecule has 6 atom stereocenters. The average molecular weight is 531 g/mol. The third-order valence-electron chi connectivity index (χ3n) is 12.3. The van der Waals surface area contributed by atoms with E-state index in [9.17, 15) is 5.11 Å². The number of hydrogen-bond donors (Lipinski definition) is 1. The number of fused-ring (bicyclic) bond motifs is 4. The molecule has 0 saturated heterocycles. The smallest absolute Gasteiger partial charge is 0.454 e. The number of hydrogen-bond acceptors (Lipinski definition) is 3. The first-order valence-corrected chi connectivity index (χ1v) is 17.8. The molecule has 1 N–H and O–H groups in total. The summed E-state index contributed by atoms with van der Waals surface area (Å²) in [4.78, 5) is 0. The highest BCUT2D eigenvalue weighted by atomic mass is 27.2. The van der Waals surface area contributed by atoms with E-state index in [-0.39, 0.29) is 27.3 Å². The van der Waals surface area contributed by atoms with Crippen LogP contribution in [0, 0.1) is 33.5 Å². The minimum absolute atomic E-state index is 0.00846. The van der Waals surface area contributed by atoms with E-state index in [4.69, 9.17) is 8.53 Å². The van der Waals surface area contributed by atoms with Gasteiger partial charge in [0.25, 0.3) is 0 Å². The van der Waals surface area contributed by atoms with E-state index in [1.807, 2.05) is 6.07 Å². The molecule has 0 aromatic heterocycles. The molecule has 2 aromatic rings. The van der Waals surface area contributed by atoms with Crippen LogP contribution in [0.4, 0.5) is 0 Å². The standard InChI is InChI=1S/C32H41O3.2CH3.Al/c1-27(2)21-15-17-29(5,19-21)31(27,33)23-11-7-9-13-25(23)35-26-14-10-8-12-24(26)32(34)28(3,4)22-16-18-30(32,6)20-22;;;/h7-14,21-22,33H,15-20H2,1-6H3;2*1H3;/q-1;;;+1. The minimum atomic E-state index is -1.39. The van der Waals surface area contributed by atoms with Crippen molar-refractivity contribution in [1.29, 1.82) is 0 Å². The van der Waals surface area contributed by atoms with Gasteiger partial charge in [-0.15, -0.1) is 0 Å². The lowest BCUT2D eigenvalue weighted by atomic mass is 9.57. The molecule has 4 heteroatoms. The van der Waals surface area contributed by atoms with E-state index >= 15 is 0 Å². The summed E-state index contributed by atoms with van der Waals surface area (Å²) in [7, 11) is 0. The summed E-state index contributed by atoms with van der Waals surface area (Å²) in [5.74, 6) is 7.45. The highest BCUT2D eigenvalue weighted by molar-refractivity contribution is 6.48. The van der Waals surface area contributed by atoms with Crippen molar-refractivity contribution < 1.29 is 13.6 Å². The molecule has 4 saturated carbocycles. The summed E-state index contributed by atoms with van der Waals surface area (Å²) in [6.07, 6.45) is 7.02. The van der Waals surface area contributed by atoms with E-state index < -0.39 is 20.1 Å². The molecule has 6 rings (SSSR count). The van der Waals surface area contributed by atoms with Crippen LogP contribution >= 0.6 is 0 Å². The molecule has 2 aromatic carbocycles. The Labute approximate surface area is 235 Å². The molecular formula is C34H47AlO3. The fourth-order valence-corrected chi connectivity index (χ4v) is 11.8. The predicted octanol–water partition coefficient (Wildman–Crippen LogP) is 8.82. The van der Waals surface area contributed by atoms with Gasteiger partial charge in [0.15, 0.2) is 0 Å². The SMILES string of the molecule is [CH3][Al]([CH3])[O]C1(c2ccccc2Oc2ccccc2C2(O)C3(C)CCC(C3)C2(C)C)C2(C)CCC(C2)C1(C)C. The van der Waals surface area contributed by atoms with E-state index in [1.165, 1.54) is 31.2 Å². The third kappa shape index (κ3) is 3.16. The molecule has 3 nitrogen and oxygen atoms in total. The second-order valence-electron chi connectivity index (χ2n) is 15.1. The Kier molecular flexibility index (Phi) is 5.91. The number of aliphatic hydroxyl groups is 1. The van der Waals surface area contributed by atoms with E-state index in [0.29, 0.717) is 11.8 Å². The van der Waals surface area contributed by atoms with Gasteiger partial charge >= 0.3 is 14.5 Å². The Morgan fingerprint density at radius 3 is 1.74 bits per heavy atom. The zero-order valence-electron chi connectivity index (χ0n) is 24.9. The van der Waals surface area contributed by atoms with Gasteiger partial charge < -0.3 is 13.6 Å². The van der Waals surface area contributed by atoms with Crippen LogP contribution in [0.25, 0.3) is 0 Å². The third-order valence-corrected chi connectivity index (χ3v) is 13.1. The van der Waals surface area contributed by atoms with Crippen molar-refractivity contribution in [2.45, 2.75) is 103 Å². The van der Waals surface area contributed by atoms with Crippen LogP contribution in [0.1, 0.15) is 91.2 Å². The van der Waals surface area contributed by atoms with Crippen molar-refractivity contribution in [1.82, 2.24) is 0 Å². The molecule has 4 fully saturated rings. The maximum Gasteiger partial charge on any atom is 0.454 e. The van der Waals surface area contributed by atoms with Crippen molar-refractivity contribution in [2.75, 3.05) is 0 Å². The second kappa shape index (κ2) is 8.36. The first kappa shape index (κ1) is 26.9. The molecule has 6 unspecified atom stereocenters. The predicted molar refractivity (Wildman–Crippen MR) is 156 cm³/mol. The first-order chi connectivity index (χ1) is 17.7. The van der Waals surface area contributed by atoms with Gasteiger partial charge in [0.1, 0.15) is 17.1 Å². The van der Waals surface area contributed by atoms with Crippen molar-refractivity contribution in [2.24, 2.45) is 33.5 Å². The van der Waals surface area contributed by atoms with Crippen LogP contribution in [0.5, 0.6) is 11.5 Å². The number of ether oxygens (including phenoxy) is 1. The van der Waals surface area contributed by atoms with Crippen molar-refractivity contribution >= 4 is 14.5 Å². The lowest BCUT2D eigenvalue weighted by Gasteiger charge is -2.56. The van der Waals surface area contributed by atoms with Crippen LogP contribution in [0.3, 0.4) is 0 Å². The summed E-state index contributed by atoms with van der Waals surface area (Å²) in [5.41, 5.74) is 0.534. The van der Waals surface area contributed by atoms with Gasteiger partial charge in [0, 0.05) is 22.0 Å². The van der Waals surface area contributed by atoms with Gasteiger partial charge in [-0.3, -0.25) is 0 Å². The Morgan fingerprint density at radius 1 is 0.711 bits per heavy atom. The van der Waals surface area contributed by atoms with E-state index in [2.05, 4.69) is 95.6 Å². The van der Waals surface area contributed by atoms with Crippen LogP contribution < -0.4 is 4.74 Å². The summed E-state index contributed by atoms with van der Waals surface area (Å²) in [6, 6.07) is 16.9. The highest BCUT2D eigenvalue weighted by Crippen LogP contribution is 2.75. The molecule has 4 aliphatic carbocycles. The van der Waals surface area contributed by atoms with Gasteiger partial charge in [-0.05, 0) is 73.3 Å². The molecule has 204 valence electrons. The first-order valence-electron chi connectivity index (χ1n) is 15.0. The van der Waals surface area contributed by atoms with Crippen LogP contribution in [0.15, 0.2) is 48.5 Å². The fraction of sp³-hybridized carbons (Fsp3) is 0.647. The number of para-hydroxylation sites is 2. The maximum atomic E-state index is 12.7. The molecule has 4 bridgehead atoms. The van der Waals surface area contributed by atoms with Crippen molar-refractivity contribution in [3.05, 3.63) is 59.7 Å². The van der Waals surface area contributed by atoms with Crippen molar-refractivity contribution in [3.63, 3.8) is 0 Å². The Morgan fingerprint density at radius 2 is 1.21 bits per heavy atom. The molecule has 0 radical (unpaired) electrons. The van der Waals surface area contributed by atoms with Gasteiger partial charge in [-0.2, -0.15) is 0 Å². The fourth-order valence-electron chi connectivity index (χ4n) is 10.4. The minimum Gasteiger partial charge on any atom is -0.492 e. The largest absolute Gasteiger partial charge is 0.492 e. The zero-order chi connectivity index (χ0) is 27.4. The lowest BCUT2D eigenvalue weighted by molar-refractivity contribution is -0.151. The van der Waals surface area contributed by atoms with Crippen LogP contribution in [0.2, 0.25) is 11.6 Å². The molecule has 38 heavy (non-hydrogen) atoms. The number of rotatable bonds is 6. The number of benzene rings is 2. The molecular weight excluding hydrogens is 483 g/mol. The average Bonchev–Trinajstić information content (AvgIpc) is 3.54. The maximum absolute atomic E-state index is 12.7. The molecule has 4 aliphatic rings. The summed E-state index contributed by atoms with van der Waals surface area (Å²) in [5, 5.41) is 12.7. The quantitative estimate of drug-likeness (QED) is 0.379. The zero-order valence-corrected chi connectivity index (χ0v) is 26.0. The summed E-state index contributed by atoms with van der Waals surface area (Å²) < 4.78 is 14.3.